The van der Waals surface area contributed by atoms with Gasteiger partial charge in [-0.3, -0.25) is 0 Å². The molecule has 22 heavy (non-hydrogen) atoms. The number of rotatable bonds is 2. The maximum absolute atomic E-state index is 12.5. The first-order chi connectivity index (χ1) is 10.3. The minimum absolute atomic E-state index is 0.338. The summed E-state index contributed by atoms with van der Waals surface area (Å²) in [4.78, 5) is 20.4. The van der Waals surface area contributed by atoms with Gasteiger partial charge < -0.3 is 20.2 Å². The highest BCUT2D eigenvalue weighted by Crippen LogP contribution is 2.52. The van der Waals surface area contributed by atoms with Crippen LogP contribution in [0.25, 0.3) is 0 Å². The fourth-order valence-corrected chi connectivity index (χ4v) is 2.31. The molecule has 8 nitrogen and oxygen atoms in total. The number of nitrogens with zero attached hydrogens (tertiary/aromatic N) is 1. The zero-order valence-electron chi connectivity index (χ0n) is 10.9. The van der Waals surface area contributed by atoms with Crippen molar-refractivity contribution < 1.29 is 29.7 Å². The normalized spacial score (nSPS) is 14.5. The molecular weight excluding hydrogens is 294 g/mol. The topological polar surface area (TPSA) is 127 Å². The highest BCUT2D eigenvalue weighted by Gasteiger charge is 2.40. The van der Waals surface area contributed by atoms with E-state index in [4.69, 9.17) is 14.9 Å². The summed E-state index contributed by atoms with van der Waals surface area (Å²) in [6.45, 7) is 0. The van der Waals surface area contributed by atoms with E-state index in [1.807, 2.05) is 0 Å². The molecule has 0 unspecified atom stereocenters. The summed E-state index contributed by atoms with van der Waals surface area (Å²) in [5, 5.41) is 41.1. The number of para-hydroxylation sites is 2. The van der Waals surface area contributed by atoms with Crippen molar-refractivity contribution >= 4 is 23.3 Å². The van der Waals surface area contributed by atoms with Crippen LogP contribution in [0.4, 0.5) is 11.4 Å². The summed E-state index contributed by atoms with van der Waals surface area (Å²) >= 11 is 0. The molecule has 1 aliphatic heterocycles. The number of carbonyl (C=O) groups is 2. The second-order valence-electron chi connectivity index (χ2n) is 4.60. The Bertz CT molecular complexity index is 747. The summed E-state index contributed by atoms with van der Waals surface area (Å²) in [5.41, 5.74) is -1.38. The SMILES string of the molecule is O=C(O)c1cccc2c1Oc1c(C(=O)O)cccc1[N+]2([O-])O. The van der Waals surface area contributed by atoms with E-state index in [2.05, 4.69) is 0 Å². The van der Waals surface area contributed by atoms with E-state index < -0.39 is 16.7 Å². The van der Waals surface area contributed by atoms with E-state index in [-0.39, 0.29) is 34.0 Å². The summed E-state index contributed by atoms with van der Waals surface area (Å²) in [6, 6.07) is 7.39. The lowest BCUT2D eigenvalue weighted by Crippen LogP contribution is -2.36. The van der Waals surface area contributed by atoms with Gasteiger partial charge in [-0.15, -0.1) is 4.81 Å². The Morgan fingerprint density at radius 3 is 1.68 bits per heavy atom. The molecule has 2 aromatic rings. The van der Waals surface area contributed by atoms with Gasteiger partial charge in [0.15, 0.2) is 0 Å². The summed E-state index contributed by atoms with van der Waals surface area (Å²) < 4.78 is 5.36. The van der Waals surface area contributed by atoms with Crippen LogP contribution in [0.2, 0.25) is 0 Å². The largest absolute Gasteiger partial charge is 0.588 e. The molecule has 0 spiro atoms. The van der Waals surface area contributed by atoms with Gasteiger partial charge in [0.05, 0.1) is 0 Å². The molecule has 0 aromatic heterocycles. The van der Waals surface area contributed by atoms with Gasteiger partial charge in [-0.2, -0.15) is 0 Å². The van der Waals surface area contributed by atoms with Gasteiger partial charge in [0.25, 0.3) is 0 Å². The summed E-state index contributed by atoms with van der Waals surface area (Å²) in [6.07, 6.45) is 0. The third kappa shape index (κ3) is 1.83. The number of carboxylic acid groups (broad SMARTS) is 2. The number of benzene rings is 2. The van der Waals surface area contributed by atoms with E-state index in [1.54, 1.807) is 0 Å². The van der Waals surface area contributed by atoms with E-state index in [1.165, 1.54) is 36.4 Å². The molecule has 0 fully saturated rings. The number of quaternary nitrogens is 1. The molecule has 112 valence electrons. The lowest BCUT2D eigenvalue weighted by molar-refractivity contribution is 0.0192. The summed E-state index contributed by atoms with van der Waals surface area (Å²) in [5.74, 6) is -3.50. The molecule has 8 heteroatoms. The van der Waals surface area contributed by atoms with Crippen LogP contribution in [0.15, 0.2) is 36.4 Å². The quantitative estimate of drug-likeness (QED) is 0.574. The number of hydrogen-bond acceptors (Lipinski definition) is 5. The van der Waals surface area contributed by atoms with Gasteiger partial charge in [0.1, 0.15) is 11.1 Å². The van der Waals surface area contributed by atoms with Crippen molar-refractivity contribution in [3.63, 3.8) is 0 Å². The predicted octanol–water partition coefficient (Wildman–Crippen LogP) is 2.71. The van der Waals surface area contributed by atoms with Crippen LogP contribution in [0.5, 0.6) is 11.5 Å². The van der Waals surface area contributed by atoms with Crippen LogP contribution in [0.3, 0.4) is 0 Å². The molecule has 1 heterocycles. The molecule has 0 amide bonds. The van der Waals surface area contributed by atoms with E-state index in [9.17, 15) is 20.0 Å². The molecule has 0 bridgehead atoms. The molecule has 0 aliphatic carbocycles. The molecule has 1 aliphatic rings. The highest BCUT2D eigenvalue weighted by molar-refractivity contribution is 5.98. The van der Waals surface area contributed by atoms with Gasteiger partial charge in [0, 0.05) is 12.1 Å². The second-order valence-corrected chi connectivity index (χ2v) is 4.60. The number of fused-ring (bicyclic) bond motifs is 2. The van der Waals surface area contributed by atoms with E-state index in [0.717, 1.165) is 0 Å². The maximum atomic E-state index is 12.5. The van der Waals surface area contributed by atoms with Gasteiger partial charge in [-0.25, -0.2) is 14.8 Å². The zero-order chi connectivity index (χ0) is 16.1. The molecule has 0 atom stereocenters. The number of ether oxygens (including phenoxy) is 1. The predicted molar refractivity (Wildman–Crippen MR) is 73.5 cm³/mol. The second kappa shape index (κ2) is 4.53. The van der Waals surface area contributed by atoms with Gasteiger partial charge in [-0.05, 0) is 12.1 Å². The lowest BCUT2D eigenvalue weighted by atomic mass is 10.1. The maximum Gasteiger partial charge on any atom is 0.339 e. The van der Waals surface area contributed by atoms with Crippen molar-refractivity contribution in [3.8, 4) is 11.5 Å². The average Bonchev–Trinajstić information content (AvgIpc) is 2.46. The highest BCUT2D eigenvalue weighted by atomic mass is 16.8. The first-order valence-corrected chi connectivity index (χ1v) is 6.08. The lowest BCUT2D eigenvalue weighted by Gasteiger charge is -2.37. The van der Waals surface area contributed by atoms with Crippen molar-refractivity contribution in [2.75, 3.05) is 0 Å². The number of hydrogen-bond donors (Lipinski definition) is 3. The van der Waals surface area contributed by atoms with Crippen LogP contribution in [-0.4, -0.2) is 27.4 Å². The van der Waals surface area contributed by atoms with Crippen LogP contribution >= 0.6 is 0 Å². The van der Waals surface area contributed by atoms with Gasteiger partial charge >= 0.3 is 11.9 Å². The third-order valence-corrected chi connectivity index (χ3v) is 3.31. The number of aromatic carboxylic acids is 2. The molecule has 2 aromatic carbocycles. The Labute approximate surface area is 123 Å². The van der Waals surface area contributed by atoms with Crippen molar-refractivity contribution in [3.05, 3.63) is 52.7 Å². The summed E-state index contributed by atoms with van der Waals surface area (Å²) in [7, 11) is 0. The van der Waals surface area contributed by atoms with E-state index >= 15 is 0 Å². The Morgan fingerprint density at radius 2 is 1.32 bits per heavy atom. The van der Waals surface area contributed by atoms with Crippen LogP contribution in [0.1, 0.15) is 20.7 Å². The van der Waals surface area contributed by atoms with Crippen LogP contribution in [-0.2, 0) is 0 Å². The first-order valence-electron chi connectivity index (χ1n) is 6.08. The monoisotopic (exact) mass is 303 g/mol. The average molecular weight is 303 g/mol. The number of carboxylic acids is 2. The Balaban J connectivity index is 2.33. The third-order valence-electron chi connectivity index (χ3n) is 3.31. The molecule has 0 saturated carbocycles. The molecule has 0 saturated heterocycles. The van der Waals surface area contributed by atoms with Crippen molar-refractivity contribution in [1.82, 2.24) is 4.81 Å². The van der Waals surface area contributed by atoms with Crippen molar-refractivity contribution in [2.45, 2.75) is 0 Å². The van der Waals surface area contributed by atoms with Crippen LogP contribution < -0.4 is 9.55 Å². The first kappa shape index (κ1) is 14.0. The van der Waals surface area contributed by atoms with Crippen molar-refractivity contribution in [2.24, 2.45) is 0 Å². The standard InChI is InChI=1S/C14H9NO7/c16-13(17)7-3-1-5-9-11(7)22-12-8(14(18)19)4-2-6-10(12)15(9,20)21/h1-6,20H,(H,16,17)(H,18,19). The van der Waals surface area contributed by atoms with Crippen LogP contribution in [0, 0.1) is 5.21 Å². The molecule has 0 radical (unpaired) electrons. The minimum Gasteiger partial charge on any atom is -0.588 e. The van der Waals surface area contributed by atoms with Gasteiger partial charge in [-0.1, -0.05) is 12.1 Å². The minimum atomic E-state index is -2.05. The zero-order valence-corrected chi connectivity index (χ0v) is 10.9. The smallest absolute Gasteiger partial charge is 0.339 e. The van der Waals surface area contributed by atoms with Gasteiger partial charge in [0.2, 0.25) is 22.9 Å². The van der Waals surface area contributed by atoms with Crippen molar-refractivity contribution in [1.29, 1.82) is 0 Å². The Kier molecular flexibility index (Phi) is 2.89. The molecule has 3 N–H and O–H groups in total. The fourth-order valence-electron chi connectivity index (χ4n) is 2.31. The Morgan fingerprint density at radius 1 is 0.909 bits per heavy atom. The fraction of sp³-hybridized carbons (Fsp3) is 0. The Hall–Kier alpha value is -2.94. The van der Waals surface area contributed by atoms with E-state index in [0.29, 0.717) is 0 Å². The molecular formula is C14H9NO7. The molecule has 3 rings (SSSR count).